The normalized spacial score (nSPS) is 11.6. The average Bonchev–Trinajstić information content (AvgIpc) is 2.65. The van der Waals surface area contributed by atoms with Gasteiger partial charge in [-0.15, -0.1) is 0 Å². The molecule has 3 rings (SSSR count). The van der Waals surface area contributed by atoms with Crippen molar-refractivity contribution < 1.29 is 22.7 Å². The summed E-state index contributed by atoms with van der Waals surface area (Å²) in [5, 5.41) is 15.4. The van der Waals surface area contributed by atoms with Crippen LogP contribution in [0.5, 0.6) is 0 Å². The molecular weight excluding hydrogens is 375 g/mol. The van der Waals surface area contributed by atoms with Crippen LogP contribution in [0.3, 0.4) is 0 Å². The van der Waals surface area contributed by atoms with E-state index in [1.165, 1.54) is 18.2 Å². The van der Waals surface area contributed by atoms with E-state index < -0.39 is 17.8 Å². The summed E-state index contributed by atoms with van der Waals surface area (Å²) in [6.07, 6.45) is -1.18. The molecule has 0 radical (unpaired) electrons. The highest BCUT2D eigenvalue weighted by atomic mass is 19.4. The van der Waals surface area contributed by atoms with Gasteiger partial charge < -0.3 is 16.3 Å². The van der Waals surface area contributed by atoms with Crippen molar-refractivity contribution >= 4 is 22.4 Å². The number of alkyl halides is 3. The molecular formula is C18H16F3N5O2. The van der Waals surface area contributed by atoms with Crippen molar-refractivity contribution in [1.29, 1.82) is 0 Å². The molecule has 0 saturated carbocycles. The molecule has 0 atom stereocenters. The third-order valence-corrected chi connectivity index (χ3v) is 4.14. The van der Waals surface area contributed by atoms with Gasteiger partial charge in [0, 0.05) is 23.7 Å². The lowest BCUT2D eigenvalue weighted by atomic mass is 9.97. The van der Waals surface area contributed by atoms with E-state index in [4.69, 9.17) is 5.73 Å². The van der Waals surface area contributed by atoms with Gasteiger partial charge in [0.1, 0.15) is 12.0 Å². The van der Waals surface area contributed by atoms with Crippen molar-refractivity contribution in [2.24, 2.45) is 0 Å². The predicted octanol–water partition coefficient (Wildman–Crippen LogP) is 2.67. The van der Waals surface area contributed by atoms with Crippen LogP contribution in [0.1, 0.15) is 29.5 Å². The van der Waals surface area contributed by atoms with Crippen molar-refractivity contribution in [3.63, 3.8) is 0 Å². The number of benzene rings is 1. The Morgan fingerprint density at radius 1 is 1.29 bits per heavy atom. The number of carbonyl (C=O) groups excluding carboxylic acids is 1. The van der Waals surface area contributed by atoms with Gasteiger partial charge in [0.05, 0.1) is 5.39 Å². The van der Waals surface area contributed by atoms with Gasteiger partial charge in [-0.2, -0.15) is 17.9 Å². The molecule has 0 saturated heterocycles. The van der Waals surface area contributed by atoms with E-state index in [1.54, 1.807) is 0 Å². The van der Waals surface area contributed by atoms with Crippen molar-refractivity contribution in [2.75, 3.05) is 12.3 Å². The lowest BCUT2D eigenvalue weighted by Crippen LogP contribution is -2.40. The first-order valence-corrected chi connectivity index (χ1v) is 8.35. The lowest BCUT2D eigenvalue weighted by molar-refractivity contribution is -0.605. The highest BCUT2D eigenvalue weighted by Crippen LogP contribution is 2.38. The van der Waals surface area contributed by atoms with E-state index >= 15 is 0 Å². The van der Waals surface area contributed by atoms with Crippen molar-refractivity contribution in [2.45, 2.75) is 19.5 Å². The number of hydrogen-bond donors (Lipinski definition) is 2. The number of aromatic nitrogens is 3. The second-order valence-corrected chi connectivity index (χ2v) is 6.02. The minimum Gasteiger partial charge on any atom is -0.618 e. The number of nitrogens with one attached hydrogen (secondary N) is 1. The van der Waals surface area contributed by atoms with Gasteiger partial charge >= 0.3 is 17.8 Å². The van der Waals surface area contributed by atoms with Gasteiger partial charge in [0.2, 0.25) is 0 Å². The molecule has 0 aliphatic rings. The standard InChI is InChI=1S/C18H16F3N5O2/c1-2-6-24-17(27)15-14(22)11-5-3-4-10(13(11)8-26(15)28)12-7-23-9-25-16(12)18(19,20)21/h3-5,7-9H,2,6,22H2,1H3,(H,24,27). The zero-order chi connectivity index (χ0) is 20.5. The zero-order valence-electron chi connectivity index (χ0n) is 14.7. The number of nitrogens with two attached hydrogens (primary N) is 1. The average molecular weight is 391 g/mol. The summed E-state index contributed by atoms with van der Waals surface area (Å²) >= 11 is 0. The smallest absolute Gasteiger partial charge is 0.434 e. The number of rotatable bonds is 4. The summed E-state index contributed by atoms with van der Waals surface area (Å²) in [7, 11) is 0. The van der Waals surface area contributed by atoms with Crippen LogP contribution in [0.4, 0.5) is 18.9 Å². The van der Waals surface area contributed by atoms with Crippen LogP contribution in [0.2, 0.25) is 0 Å². The number of pyridine rings is 1. The maximum Gasteiger partial charge on any atom is 0.434 e. The Morgan fingerprint density at radius 2 is 2.04 bits per heavy atom. The van der Waals surface area contributed by atoms with Crippen LogP contribution in [0.15, 0.2) is 36.9 Å². The SMILES string of the molecule is CCCNC(=O)c1c(N)c2cccc(-c3cncnc3C(F)(F)F)c2c[n+]1[O-]. The minimum absolute atomic E-state index is 0.0854. The number of nitrogens with zero attached hydrogens (tertiary/aromatic N) is 3. The molecule has 28 heavy (non-hydrogen) atoms. The Morgan fingerprint density at radius 3 is 2.71 bits per heavy atom. The number of nitrogen functional groups attached to an aromatic ring is 1. The van der Waals surface area contributed by atoms with Gasteiger partial charge in [-0.05, 0) is 12.0 Å². The number of amides is 1. The first-order chi connectivity index (χ1) is 13.3. The van der Waals surface area contributed by atoms with Crippen LogP contribution >= 0.6 is 0 Å². The molecule has 1 amide bonds. The highest BCUT2D eigenvalue weighted by molar-refractivity contribution is 6.08. The fourth-order valence-electron chi connectivity index (χ4n) is 2.90. The van der Waals surface area contributed by atoms with E-state index in [1.807, 2.05) is 6.92 Å². The van der Waals surface area contributed by atoms with Gasteiger partial charge in [-0.1, -0.05) is 25.1 Å². The Bertz CT molecular complexity index is 1050. The molecule has 3 N–H and O–H groups in total. The fourth-order valence-corrected chi connectivity index (χ4v) is 2.90. The number of halogens is 3. The fraction of sp³-hybridized carbons (Fsp3) is 0.222. The van der Waals surface area contributed by atoms with Crippen LogP contribution in [-0.2, 0) is 6.18 Å². The van der Waals surface area contributed by atoms with Gasteiger partial charge in [0.25, 0.3) is 0 Å². The summed E-state index contributed by atoms with van der Waals surface area (Å²) in [6, 6.07) is 4.43. The second-order valence-electron chi connectivity index (χ2n) is 6.02. The van der Waals surface area contributed by atoms with Gasteiger partial charge in [0.15, 0.2) is 11.9 Å². The minimum atomic E-state index is -4.71. The van der Waals surface area contributed by atoms with E-state index in [2.05, 4.69) is 15.3 Å². The van der Waals surface area contributed by atoms with Crippen molar-refractivity contribution in [1.82, 2.24) is 15.3 Å². The summed E-state index contributed by atoms with van der Waals surface area (Å²) in [5.41, 5.74) is 4.27. The molecule has 0 unspecified atom stereocenters. The van der Waals surface area contributed by atoms with E-state index in [9.17, 15) is 23.2 Å². The molecule has 0 aliphatic heterocycles. The molecule has 7 nitrogen and oxygen atoms in total. The van der Waals surface area contributed by atoms with Crippen molar-refractivity contribution in [3.8, 4) is 11.1 Å². The Labute approximate surface area is 157 Å². The Hall–Kier alpha value is -3.43. The molecule has 3 aromatic rings. The van der Waals surface area contributed by atoms with Gasteiger partial charge in [-0.25, -0.2) is 9.97 Å². The number of fused-ring (bicyclic) bond motifs is 1. The second kappa shape index (κ2) is 7.29. The molecule has 0 bridgehead atoms. The quantitative estimate of drug-likeness (QED) is 0.525. The first kappa shape index (κ1) is 19.3. The molecule has 0 fully saturated rings. The molecule has 0 spiro atoms. The largest absolute Gasteiger partial charge is 0.618 e. The number of hydrogen-bond acceptors (Lipinski definition) is 5. The molecule has 0 aliphatic carbocycles. The number of anilines is 1. The molecule has 2 aromatic heterocycles. The van der Waals surface area contributed by atoms with E-state index in [0.717, 1.165) is 18.7 Å². The Kier molecular flexibility index (Phi) is 5.04. The highest BCUT2D eigenvalue weighted by Gasteiger charge is 2.36. The van der Waals surface area contributed by atoms with E-state index in [0.29, 0.717) is 13.0 Å². The van der Waals surface area contributed by atoms with Crippen LogP contribution < -0.4 is 15.8 Å². The van der Waals surface area contributed by atoms with E-state index in [-0.39, 0.29) is 38.0 Å². The summed E-state index contributed by atoms with van der Waals surface area (Å²) in [5.74, 6) is -0.652. The maximum atomic E-state index is 13.3. The third kappa shape index (κ3) is 3.40. The first-order valence-electron chi connectivity index (χ1n) is 8.35. The molecule has 2 heterocycles. The van der Waals surface area contributed by atoms with Crippen LogP contribution in [-0.4, -0.2) is 22.4 Å². The summed E-state index contributed by atoms with van der Waals surface area (Å²) in [6.45, 7) is 2.20. The maximum absolute atomic E-state index is 13.3. The van der Waals surface area contributed by atoms with Crippen LogP contribution in [0, 0.1) is 5.21 Å². The Balaban J connectivity index is 2.25. The summed E-state index contributed by atoms with van der Waals surface area (Å²) in [4.78, 5) is 19.3. The lowest BCUT2D eigenvalue weighted by Gasteiger charge is -2.15. The molecule has 1 aromatic carbocycles. The monoisotopic (exact) mass is 391 g/mol. The van der Waals surface area contributed by atoms with Crippen molar-refractivity contribution in [3.05, 3.63) is 53.5 Å². The third-order valence-electron chi connectivity index (χ3n) is 4.14. The predicted molar refractivity (Wildman–Crippen MR) is 96.0 cm³/mol. The molecule has 10 heteroatoms. The summed E-state index contributed by atoms with van der Waals surface area (Å²) < 4.78 is 40.3. The zero-order valence-corrected chi connectivity index (χ0v) is 14.7. The topological polar surface area (TPSA) is 108 Å². The van der Waals surface area contributed by atoms with Gasteiger partial charge in [-0.3, -0.25) is 4.79 Å². The molecule has 146 valence electrons. The van der Waals surface area contributed by atoms with Crippen LogP contribution in [0.25, 0.3) is 21.9 Å². The number of carbonyl (C=O) groups is 1.